The van der Waals surface area contributed by atoms with E-state index in [0.717, 1.165) is 38.5 Å². The van der Waals surface area contributed by atoms with E-state index in [-0.39, 0.29) is 21.9 Å². The molecule has 3 rings (SSSR count). The number of hydrogen-bond acceptors (Lipinski definition) is 3. The molecule has 0 bridgehead atoms. The fourth-order valence-electron chi connectivity index (χ4n) is 3.74. The zero-order valence-corrected chi connectivity index (χ0v) is 16.2. The minimum Gasteiger partial charge on any atom is -0.339 e. The van der Waals surface area contributed by atoms with Crippen LogP contribution in [0.2, 0.25) is 5.02 Å². The van der Waals surface area contributed by atoms with Crippen molar-refractivity contribution in [3.05, 3.63) is 28.8 Å². The Kier molecular flexibility index (Phi) is 5.71. The third-order valence-corrected chi connectivity index (χ3v) is 7.68. The maximum atomic E-state index is 12.8. The molecule has 1 aromatic rings. The molecule has 2 fully saturated rings. The normalized spacial score (nSPS) is 19.9. The molecule has 7 heteroatoms. The lowest BCUT2D eigenvalue weighted by Gasteiger charge is -2.31. The molecule has 0 unspecified atom stereocenters. The summed E-state index contributed by atoms with van der Waals surface area (Å²) in [4.78, 5) is 14.6. The van der Waals surface area contributed by atoms with Crippen LogP contribution in [0.3, 0.4) is 0 Å². The monoisotopic (exact) mass is 384 g/mol. The fourth-order valence-corrected chi connectivity index (χ4v) is 5.76. The van der Waals surface area contributed by atoms with E-state index in [0.29, 0.717) is 18.7 Å². The van der Waals surface area contributed by atoms with E-state index in [1.165, 1.54) is 22.9 Å². The van der Waals surface area contributed by atoms with Gasteiger partial charge in [-0.05, 0) is 43.9 Å². The average molecular weight is 385 g/mol. The minimum atomic E-state index is -3.65. The van der Waals surface area contributed by atoms with E-state index in [4.69, 9.17) is 11.6 Å². The Morgan fingerprint density at radius 2 is 1.76 bits per heavy atom. The van der Waals surface area contributed by atoms with Crippen molar-refractivity contribution in [3.63, 3.8) is 0 Å². The predicted octanol–water partition coefficient (Wildman–Crippen LogP) is 3.53. The summed E-state index contributed by atoms with van der Waals surface area (Å²) >= 11 is 6.16. The summed E-state index contributed by atoms with van der Waals surface area (Å²) in [5.41, 5.74) is 0.384. The van der Waals surface area contributed by atoms with Gasteiger partial charge in [0.15, 0.2) is 0 Å². The van der Waals surface area contributed by atoms with Crippen LogP contribution < -0.4 is 0 Å². The zero-order valence-electron chi connectivity index (χ0n) is 14.6. The van der Waals surface area contributed by atoms with Crippen LogP contribution in [0, 0.1) is 0 Å². The van der Waals surface area contributed by atoms with Crippen LogP contribution in [0.4, 0.5) is 0 Å². The van der Waals surface area contributed by atoms with Gasteiger partial charge in [0.25, 0.3) is 5.91 Å². The first kappa shape index (κ1) is 18.7. The van der Waals surface area contributed by atoms with Crippen LogP contribution >= 0.6 is 11.6 Å². The molecule has 2 aliphatic rings. The van der Waals surface area contributed by atoms with Crippen LogP contribution in [0.1, 0.15) is 55.3 Å². The highest BCUT2D eigenvalue weighted by Crippen LogP contribution is 2.29. The maximum Gasteiger partial charge on any atom is 0.253 e. The molecule has 1 saturated carbocycles. The quantitative estimate of drug-likeness (QED) is 0.797. The predicted molar refractivity (Wildman–Crippen MR) is 98.4 cm³/mol. The molecule has 138 valence electrons. The van der Waals surface area contributed by atoms with Crippen molar-refractivity contribution in [2.45, 2.75) is 55.9 Å². The highest BCUT2D eigenvalue weighted by molar-refractivity contribution is 7.89. The van der Waals surface area contributed by atoms with Crippen LogP contribution in [0.5, 0.6) is 0 Å². The number of amides is 1. The van der Waals surface area contributed by atoms with Crippen molar-refractivity contribution in [3.8, 4) is 0 Å². The van der Waals surface area contributed by atoms with Crippen LogP contribution in [0.25, 0.3) is 0 Å². The molecular weight excluding hydrogens is 360 g/mol. The van der Waals surface area contributed by atoms with E-state index in [1.54, 1.807) is 11.0 Å². The Hall–Kier alpha value is -1.11. The topological polar surface area (TPSA) is 57.7 Å². The number of carbonyl (C=O) groups is 1. The largest absolute Gasteiger partial charge is 0.339 e. The van der Waals surface area contributed by atoms with Gasteiger partial charge in [-0.15, -0.1) is 0 Å². The smallest absolute Gasteiger partial charge is 0.253 e. The first-order chi connectivity index (χ1) is 11.9. The Labute approximate surface area is 155 Å². The van der Waals surface area contributed by atoms with Crippen molar-refractivity contribution >= 4 is 27.5 Å². The van der Waals surface area contributed by atoms with Gasteiger partial charge in [-0.2, -0.15) is 4.31 Å². The molecule has 0 atom stereocenters. The lowest BCUT2D eigenvalue weighted by atomic mass is 9.94. The summed E-state index contributed by atoms with van der Waals surface area (Å²) in [5.74, 6) is -0.138. The lowest BCUT2D eigenvalue weighted by molar-refractivity contribution is 0.0696. The number of sulfonamides is 1. The van der Waals surface area contributed by atoms with Crippen molar-refractivity contribution in [1.82, 2.24) is 9.21 Å². The van der Waals surface area contributed by atoms with Crippen molar-refractivity contribution in [2.24, 2.45) is 0 Å². The van der Waals surface area contributed by atoms with Crippen LogP contribution in [-0.4, -0.2) is 49.7 Å². The van der Waals surface area contributed by atoms with Gasteiger partial charge < -0.3 is 4.90 Å². The van der Waals surface area contributed by atoms with Gasteiger partial charge in [-0.1, -0.05) is 30.9 Å². The lowest BCUT2D eigenvalue weighted by Crippen LogP contribution is -2.38. The molecule has 5 nitrogen and oxygen atoms in total. The first-order valence-corrected chi connectivity index (χ1v) is 10.8. The summed E-state index contributed by atoms with van der Waals surface area (Å²) in [6.45, 7) is 1.03. The van der Waals surface area contributed by atoms with E-state index < -0.39 is 10.0 Å². The van der Waals surface area contributed by atoms with Crippen molar-refractivity contribution in [1.29, 1.82) is 0 Å². The summed E-state index contributed by atoms with van der Waals surface area (Å²) in [6.07, 6.45) is 7.23. The molecule has 25 heavy (non-hydrogen) atoms. The SMILES string of the molecule is CN(C(=O)c1ccc(Cl)c(S(=O)(=O)N2CCCC2)c1)C1CCCCC1. The van der Waals surface area contributed by atoms with E-state index in [2.05, 4.69) is 0 Å². The third-order valence-electron chi connectivity index (χ3n) is 5.30. The molecule has 1 saturated heterocycles. The second kappa shape index (κ2) is 7.64. The summed E-state index contributed by atoms with van der Waals surface area (Å²) in [7, 11) is -1.84. The fraction of sp³-hybridized carbons (Fsp3) is 0.611. The number of rotatable bonds is 4. The van der Waals surface area contributed by atoms with Crippen LogP contribution in [0.15, 0.2) is 23.1 Å². The number of nitrogens with zero attached hydrogens (tertiary/aromatic N) is 2. The van der Waals surface area contributed by atoms with Gasteiger partial charge in [0, 0.05) is 31.7 Å². The van der Waals surface area contributed by atoms with Gasteiger partial charge in [0.05, 0.1) is 5.02 Å². The van der Waals surface area contributed by atoms with E-state index in [1.807, 2.05) is 7.05 Å². The van der Waals surface area contributed by atoms with Gasteiger partial charge >= 0.3 is 0 Å². The molecule has 0 N–H and O–H groups in total. The molecule has 1 aromatic carbocycles. The molecule has 0 radical (unpaired) electrons. The molecule has 1 aliphatic heterocycles. The number of halogens is 1. The van der Waals surface area contributed by atoms with E-state index in [9.17, 15) is 13.2 Å². The maximum absolute atomic E-state index is 12.8. The molecule has 1 aliphatic carbocycles. The molecule has 1 heterocycles. The third kappa shape index (κ3) is 3.86. The molecule has 0 spiro atoms. The van der Waals surface area contributed by atoms with Crippen LogP contribution in [-0.2, 0) is 10.0 Å². The minimum absolute atomic E-state index is 0.0407. The first-order valence-electron chi connectivity index (χ1n) is 8.98. The van der Waals surface area contributed by atoms with Gasteiger partial charge in [0.2, 0.25) is 10.0 Å². The Morgan fingerprint density at radius 3 is 2.40 bits per heavy atom. The van der Waals surface area contributed by atoms with E-state index >= 15 is 0 Å². The molecule has 0 aromatic heterocycles. The molecule has 1 amide bonds. The average Bonchev–Trinajstić information content (AvgIpc) is 3.17. The Balaban J connectivity index is 1.87. The highest BCUT2D eigenvalue weighted by atomic mass is 35.5. The zero-order chi connectivity index (χ0) is 18.0. The number of carbonyl (C=O) groups excluding carboxylic acids is 1. The second-order valence-electron chi connectivity index (χ2n) is 6.96. The van der Waals surface area contributed by atoms with Gasteiger partial charge in [-0.3, -0.25) is 4.79 Å². The standard InChI is InChI=1S/C18H25ClN2O3S/c1-20(15-7-3-2-4-8-15)18(22)14-9-10-16(19)17(13-14)25(23,24)21-11-5-6-12-21/h9-10,13,15H,2-8,11-12H2,1H3. The van der Waals surface area contributed by atoms with Gasteiger partial charge in [0.1, 0.15) is 4.90 Å². The summed E-state index contributed by atoms with van der Waals surface area (Å²) in [5, 5.41) is 0.170. The molecular formula is C18H25ClN2O3S. The van der Waals surface area contributed by atoms with Gasteiger partial charge in [-0.25, -0.2) is 8.42 Å². The highest BCUT2D eigenvalue weighted by Gasteiger charge is 2.30. The number of benzene rings is 1. The summed E-state index contributed by atoms with van der Waals surface area (Å²) in [6, 6.07) is 4.81. The van der Waals surface area contributed by atoms with Crippen molar-refractivity contribution < 1.29 is 13.2 Å². The second-order valence-corrected chi connectivity index (χ2v) is 9.28. The Morgan fingerprint density at radius 1 is 1.12 bits per heavy atom. The summed E-state index contributed by atoms with van der Waals surface area (Å²) < 4.78 is 27.1. The van der Waals surface area contributed by atoms with Crippen molar-refractivity contribution in [2.75, 3.05) is 20.1 Å². The Bertz CT molecular complexity index is 739. The number of hydrogen-bond donors (Lipinski definition) is 0.